The Morgan fingerprint density at radius 1 is 1.33 bits per heavy atom. The molecule has 3 rings (SSSR count). The highest BCUT2D eigenvalue weighted by molar-refractivity contribution is 5.32. The molecule has 2 aromatic rings. The highest BCUT2D eigenvalue weighted by atomic mass is 16.5. The highest BCUT2D eigenvalue weighted by Crippen LogP contribution is 2.28. The molecule has 0 radical (unpaired) electrons. The first kappa shape index (κ1) is 17.1. The van der Waals surface area contributed by atoms with Crippen LogP contribution in [0, 0.1) is 13.8 Å². The molecule has 1 aromatic heterocycles. The number of aryl methyl sites for hydroxylation is 2. The minimum Gasteiger partial charge on any atom is -0.377 e. The van der Waals surface area contributed by atoms with Crippen molar-refractivity contribution in [1.82, 2.24) is 15.0 Å². The van der Waals surface area contributed by atoms with Gasteiger partial charge < -0.3 is 14.0 Å². The molecule has 6 heteroatoms. The second-order valence-corrected chi connectivity index (χ2v) is 6.50. The Kier molecular flexibility index (Phi) is 5.28. The lowest BCUT2D eigenvalue weighted by Crippen LogP contribution is -2.44. The van der Waals surface area contributed by atoms with Gasteiger partial charge in [0.2, 0.25) is 5.89 Å². The fourth-order valence-electron chi connectivity index (χ4n) is 3.04. The van der Waals surface area contributed by atoms with E-state index in [0.29, 0.717) is 37.5 Å². The molecule has 2 heterocycles. The summed E-state index contributed by atoms with van der Waals surface area (Å²) in [5.41, 5.74) is 3.78. The van der Waals surface area contributed by atoms with Crippen molar-refractivity contribution >= 4 is 0 Å². The maximum absolute atomic E-state index is 6.10. The van der Waals surface area contributed by atoms with Crippen molar-refractivity contribution < 1.29 is 14.0 Å². The molecule has 1 saturated heterocycles. The van der Waals surface area contributed by atoms with E-state index >= 15 is 0 Å². The minimum atomic E-state index is 0.0717. The first-order valence-electron chi connectivity index (χ1n) is 8.30. The number of hydrogen-bond acceptors (Lipinski definition) is 6. The predicted molar refractivity (Wildman–Crippen MR) is 89.5 cm³/mol. The monoisotopic (exact) mass is 331 g/mol. The molecule has 0 saturated carbocycles. The number of aromatic nitrogens is 2. The van der Waals surface area contributed by atoms with Gasteiger partial charge in [-0.2, -0.15) is 4.98 Å². The normalized spacial score (nSPS) is 22.0. The van der Waals surface area contributed by atoms with Crippen molar-refractivity contribution in [1.29, 1.82) is 0 Å². The summed E-state index contributed by atoms with van der Waals surface area (Å²) in [5, 5.41) is 3.93. The third-order valence-corrected chi connectivity index (χ3v) is 4.47. The molecular weight excluding hydrogens is 306 g/mol. The van der Waals surface area contributed by atoms with Gasteiger partial charge in [0.25, 0.3) is 0 Å². The summed E-state index contributed by atoms with van der Waals surface area (Å²) < 4.78 is 16.5. The van der Waals surface area contributed by atoms with Crippen molar-refractivity contribution in [3.05, 3.63) is 46.6 Å². The fourth-order valence-corrected chi connectivity index (χ4v) is 3.04. The number of ether oxygens (including phenoxy) is 2. The molecule has 130 valence electrons. The van der Waals surface area contributed by atoms with Gasteiger partial charge in [-0.3, -0.25) is 4.90 Å². The van der Waals surface area contributed by atoms with E-state index in [9.17, 15) is 0 Å². The van der Waals surface area contributed by atoms with E-state index in [1.54, 1.807) is 7.11 Å². The van der Waals surface area contributed by atoms with Crippen LogP contribution >= 0.6 is 0 Å². The zero-order chi connectivity index (χ0) is 17.1. The SMILES string of the molecule is COCc1noc(CN2C[C@@H](c3cc(C)ccc3C)OC[C@H]2C)n1. The van der Waals surface area contributed by atoms with Crippen LogP contribution in [0.1, 0.15) is 41.4 Å². The number of morpholine rings is 1. The summed E-state index contributed by atoms with van der Waals surface area (Å²) >= 11 is 0. The second-order valence-electron chi connectivity index (χ2n) is 6.50. The molecule has 0 bridgehead atoms. The van der Waals surface area contributed by atoms with Crippen molar-refractivity contribution in [2.45, 2.75) is 46.1 Å². The van der Waals surface area contributed by atoms with Gasteiger partial charge >= 0.3 is 0 Å². The lowest BCUT2D eigenvalue weighted by atomic mass is 9.99. The molecule has 0 unspecified atom stereocenters. The van der Waals surface area contributed by atoms with Gasteiger partial charge in [-0.1, -0.05) is 28.9 Å². The van der Waals surface area contributed by atoms with E-state index in [-0.39, 0.29) is 6.10 Å². The van der Waals surface area contributed by atoms with Crippen molar-refractivity contribution in [3.8, 4) is 0 Å². The standard InChI is InChI=1S/C18H25N3O3/c1-12-5-6-13(2)15(7-12)16-8-21(14(3)10-23-16)9-18-19-17(11-22-4)20-24-18/h5-7,14,16H,8-11H2,1-4H3/t14-,16+/m1/s1. The van der Waals surface area contributed by atoms with Crippen LogP contribution in [0.3, 0.4) is 0 Å². The Morgan fingerprint density at radius 3 is 2.96 bits per heavy atom. The zero-order valence-electron chi connectivity index (χ0n) is 14.8. The fraction of sp³-hybridized carbons (Fsp3) is 0.556. The first-order valence-corrected chi connectivity index (χ1v) is 8.30. The molecule has 1 fully saturated rings. The number of benzene rings is 1. The Labute approximate surface area is 142 Å². The Hall–Kier alpha value is -1.76. The summed E-state index contributed by atoms with van der Waals surface area (Å²) in [6.45, 7) is 8.91. The van der Waals surface area contributed by atoms with Crippen LogP contribution in [-0.2, 0) is 22.6 Å². The summed E-state index contributed by atoms with van der Waals surface area (Å²) in [6, 6.07) is 6.82. The summed E-state index contributed by atoms with van der Waals surface area (Å²) in [5.74, 6) is 1.20. The van der Waals surface area contributed by atoms with Gasteiger partial charge in [0.05, 0.1) is 19.3 Å². The van der Waals surface area contributed by atoms with Crippen LogP contribution in [0.4, 0.5) is 0 Å². The van der Waals surface area contributed by atoms with Crippen LogP contribution < -0.4 is 0 Å². The summed E-state index contributed by atoms with van der Waals surface area (Å²) in [6.07, 6.45) is 0.0717. The van der Waals surface area contributed by atoms with E-state index in [1.165, 1.54) is 16.7 Å². The minimum absolute atomic E-state index is 0.0717. The molecule has 0 N–H and O–H groups in total. The van der Waals surface area contributed by atoms with E-state index in [4.69, 9.17) is 14.0 Å². The maximum Gasteiger partial charge on any atom is 0.240 e. The summed E-state index contributed by atoms with van der Waals surface area (Å²) in [4.78, 5) is 6.71. The van der Waals surface area contributed by atoms with E-state index in [0.717, 1.165) is 6.54 Å². The number of rotatable bonds is 5. The average molecular weight is 331 g/mol. The lowest BCUT2D eigenvalue weighted by Gasteiger charge is -2.37. The molecule has 24 heavy (non-hydrogen) atoms. The van der Waals surface area contributed by atoms with Gasteiger partial charge in [0, 0.05) is 19.7 Å². The molecule has 1 aromatic carbocycles. The quantitative estimate of drug-likeness (QED) is 0.839. The van der Waals surface area contributed by atoms with E-state index in [2.05, 4.69) is 54.0 Å². The molecule has 2 atom stereocenters. The second kappa shape index (κ2) is 7.42. The van der Waals surface area contributed by atoms with E-state index in [1.807, 2.05) is 0 Å². The molecule has 0 aliphatic carbocycles. The molecule has 1 aliphatic rings. The van der Waals surface area contributed by atoms with Gasteiger partial charge in [0.1, 0.15) is 6.61 Å². The third-order valence-electron chi connectivity index (χ3n) is 4.47. The van der Waals surface area contributed by atoms with E-state index < -0.39 is 0 Å². The largest absolute Gasteiger partial charge is 0.377 e. The molecule has 0 spiro atoms. The number of hydrogen-bond donors (Lipinski definition) is 0. The summed E-state index contributed by atoms with van der Waals surface area (Å²) in [7, 11) is 1.62. The molecular formula is C18H25N3O3. The highest BCUT2D eigenvalue weighted by Gasteiger charge is 2.29. The smallest absolute Gasteiger partial charge is 0.240 e. The Balaban J connectivity index is 1.72. The average Bonchev–Trinajstić information content (AvgIpc) is 2.99. The first-order chi connectivity index (χ1) is 11.6. The maximum atomic E-state index is 6.10. The number of methoxy groups -OCH3 is 1. The molecule has 0 amide bonds. The van der Waals surface area contributed by atoms with Crippen LogP contribution in [0.5, 0.6) is 0 Å². The lowest BCUT2D eigenvalue weighted by molar-refractivity contribution is -0.0662. The molecule has 1 aliphatic heterocycles. The van der Waals surface area contributed by atoms with Crippen molar-refractivity contribution in [3.63, 3.8) is 0 Å². The van der Waals surface area contributed by atoms with Crippen LogP contribution in [0.25, 0.3) is 0 Å². The van der Waals surface area contributed by atoms with Crippen LogP contribution in [-0.4, -0.2) is 41.3 Å². The van der Waals surface area contributed by atoms with Gasteiger partial charge in [-0.25, -0.2) is 0 Å². The van der Waals surface area contributed by atoms with Gasteiger partial charge in [-0.15, -0.1) is 0 Å². The topological polar surface area (TPSA) is 60.6 Å². The van der Waals surface area contributed by atoms with Gasteiger partial charge in [-0.05, 0) is 31.9 Å². The van der Waals surface area contributed by atoms with Crippen LogP contribution in [0.15, 0.2) is 22.7 Å². The third kappa shape index (κ3) is 3.83. The van der Waals surface area contributed by atoms with Crippen molar-refractivity contribution in [2.75, 3.05) is 20.3 Å². The number of nitrogens with zero attached hydrogens (tertiary/aromatic N) is 3. The molecule has 6 nitrogen and oxygen atoms in total. The van der Waals surface area contributed by atoms with Crippen LogP contribution in [0.2, 0.25) is 0 Å². The zero-order valence-corrected chi connectivity index (χ0v) is 14.8. The Bertz CT molecular complexity index is 686. The van der Waals surface area contributed by atoms with Gasteiger partial charge in [0.15, 0.2) is 5.82 Å². The Morgan fingerprint density at radius 2 is 2.17 bits per heavy atom. The predicted octanol–water partition coefficient (Wildman–Crippen LogP) is 2.79. The van der Waals surface area contributed by atoms with Crippen molar-refractivity contribution in [2.24, 2.45) is 0 Å².